The van der Waals surface area contributed by atoms with Crippen LogP contribution in [0, 0.1) is 23.7 Å². The number of ether oxygens (including phenoxy) is 6. The Labute approximate surface area is 388 Å². The van der Waals surface area contributed by atoms with Crippen LogP contribution in [0.5, 0.6) is 0 Å². The van der Waals surface area contributed by atoms with Crippen LogP contribution in [0.4, 0.5) is 9.59 Å². The van der Waals surface area contributed by atoms with Crippen LogP contribution >= 0.6 is 0 Å². The number of likely N-dealkylation sites (N-methyl/N-ethyl adjacent to an activating group) is 2. The quantitative estimate of drug-likeness (QED) is 0.0912. The number of benzene rings is 1. The Morgan fingerprint density at radius 3 is 1.98 bits per heavy atom. The zero-order valence-electron chi connectivity index (χ0n) is 42.0. The number of amides is 5. The molecule has 17 nitrogen and oxygen atoms in total. The predicted molar refractivity (Wildman–Crippen MR) is 247 cm³/mol. The van der Waals surface area contributed by atoms with Crippen LogP contribution in [0.3, 0.4) is 0 Å². The summed E-state index contributed by atoms with van der Waals surface area (Å²) in [5, 5.41) is 5.95. The molecule has 5 amide bonds. The highest BCUT2D eigenvalue weighted by Gasteiger charge is 2.44. The van der Waals surface area contributed by atoms with Crippen molar-refractivity contribution in [1.29, 1.82) is 0 Å². The molecule has 1 aliphatic heterocycles. The minimum atomic E-state index is -0.953. The fraction of sp³-hybridized carbons (Fsp3) is 0.750. The van der Waals surface area contributed by atoms with Gasteiger partial charge in [-0.15, -0.1) is 0 Å². The molecule has 0 unspecified atom stereocenters. The van der Waals surface area contributed by atoms with Crippen molar-refractivity contribution in [2.75, 3.05) is 55.2 Å². The molecular formula is C48H81N5O12. The lowest BCUT2D eigenvalue weighted by atomic mass is 9.89. The summed E-state index contributed by atoms with van der Waals surface area (Å²) in [6.45, 7) is 20.7. The Balaban J connectivity index is 2.31. The van der Waals surface area contributed by atoms with Crippen molar-refractivity contribution >= 4 is 35.9 Å². The average Bonchev–Trinajstić information content (AvgIpc) is 3.73. The summed E-state index contributed by atoms with van der Waals surface area (Å²) in [5.41, 5.74) is -0.105. The highest BCUT2D eigenvalue weighted by Crippen LogP contribution is 2.31. The van der Waals surface area contributed by atoms with Gasteiger partial charge in [0.05, 0.1) is 49.3 Å². The maximum atomic E-state index is 14.5. The van der Waals surface area contributed by atoms with Crippen molar-refractivity contribution in [2.24, 2.45) is 23.7 Å². The maximum absolute atomic E-state index is 14.5. The van der Waals surface area contributed by atoms with E-state index in [1.165, 1.54) is 33.3 Å². The number of carbonyl (C=O) groups is 6. The van der Waals surface area contributed by atoms with Gasteiger partial charge in [0.25, 0.3) is 0 Å². The topological polar surface area (TPSA) is 192 Å². The standard InChI is InChI=1S/C48H81N5O12/c1-17-31(6)40(51(12)45(57)38(29(2)3)50-44(56)39(30(4)5)52(13)46(58)65-48(9,10)11)36(61-15)28-37(54)53-25-21-24-35(53)41(62-16)32(7)43(55)49-33(8)42(34-22-19-18-20-23-34)64-47(59)63-27-26-60-14/h18-20,22-23,29-33,35-36,38-42H,17,21,24-28H2,1-16H3,(H,49,55)(H,50,56)/t31-,32+,33+,35-,36+,38-,39-,40-,41+,42+/m0/s1. The third kappa shape index (κ3) is 16.4. The van der Waals surface area contributed by atoms with Crippen LogP contribution in [0.2, 0.25) is 0 Å². The van der Waals surface area contributed by atoms with Gasteiger partial charge in [-0.05, 0) is 63.9 Å². The maximum Gasteiger partial charge on any atom is 0.509 e. The minimum Gasteiger partial charge on any atom is -0.444 e. The van der Waals surface area contributed by atoms with Gasteiger partial charge < -0.3 is 48.9 Å². The zero-order chi connectivity index (χ0) is 49.3. The summed E-state index contributed by atoms with van der Waals surface area (Å²) in [4.78, 5) is 87.0. The molecule has 1 aliphatic rings. The molecule has 0 radical (unpaired) electrons. The van der Waals surface area contributed by atoms with E-state index in [4.69, 9.17) is 28.4 Å². The molecule has 1 aromatic carbocycles. The number of hydrogen-bond donors (Lipinski definition) is 2. The van der Waals surface area contributed by atoms with E-state index in [1.54, 1.807) is 63.6 Å². The third-order valence-corrected chi connectivity index (χ3v) is 12.2. The molecule has 0 aliphatic carbocycles. The van der Waals surface area contributed by atoms with Gasteiger partial charge in [0.2, 0.25) is 23.6 Å². The molecule has 0 aromatic heterocycles. The van der Waals surface area contributed by atoms with Gasteiger partial charge >= 0.3 is 12.2 Å². The molecule has 17 heteroatoms. The van der Waals surface area contributed by atoms with Crippen LogP contribution in [0.25, 0.3) is 0 Å². The molecule has 65 heavy (non-hydrogen) atoms. The van der Waals surface area contributed by atoms with Crippen LogP contribution in [-0.4, -0.2) is 154 Å². The van der Waals surface area contributed by atoms with Crippen LogP contribution in [-0.2, 0) is 47.6 Å². The molecular weight excluding hydrogens is 839 g/mol. The Morgan fingerprint density at radius 1 is 0.831 bits per heavy atom. The van der Waals surface area contributed by atoms with E-state index in [0.29, 0.717) is 31.4 Å². The first-order chi connectivity index (χ1) is 30.4. The Morgan fingerprint density at radius 2 is 1.46 bits per heavy atom. The number of nitrogens with zero attached hydrogens (tertiary/aromatic N) is 3. The second-order valence-electron chi connectivity index (χ2n) is 18.9. The molecule has 1 heterocycles. The number of likely N-dealkylation sites (tertiary alicyclic amines) is 1. The lowest BCUT2D eigenvalue weighted by Gasteiger charge is -2.41. The van der Waals surface area contributed by atoms with Crippen molar-refractivity contribution in [3.05, 3.63) is 35.9 Å². The van der Waals surface area contributed by atoms with E-state index in [1.807, 2.05) is 59.7 Å². The number of rotatable bonds is 24. The average molecular weight is 920 g/mol. The van der Waals surface area contributed by atoms with Gasteiger partial charge in [0.1, 0.15) is 24.3 Å². The summed E-state index contributed by atoms with van der Waals surface area (Å²) in [5.74, 6) is -2.86. The minimum absolute atomic E-state index is 0.00816. The Kier molecular flexibility index (Phi) is 23.2. The SMILES string of the molecule is CC[C@H](C)[C@@H]([C@@H](CC(=O)N1CCC[C@H]1[C@H](OC)[C@@H](C)C(=O)N[C@H](C)[C@@H](OC(=O)OCCOC)c1ccccc1)OC)N(C)C(=O)[C@@H](NC(=O)[C@H](C(C)C)N(C)C(=O)OC(C)(C)C)C(C)C. The van der Waals surface area contributed by atoms with Crippen LogP contribution in [0.1, 0.15) is 114 Å². The van der Waals surface area contributed by atoms with E-state index < -0.39 is 78.2 Å². The molecule has 2 rings (SSSR count). The van der Waals surface area contributed by atoms with Crippen molar-refractivity contribution in [2.45, 2.75) is 156 Å². The molecule has 1 fully saturated rings. The van der Waals surface area contributed by atoms with E-state index >= 15 is 0 Å². The van der Waals surface area contributed by atoms with E-state index in [9.17, 15) is 28.8 Å². The first-order valence-corrected chi connectivity index (χ1v) is 23.0. The second-order valence-corrected chi connectivity index (χ2v) is 18.9. The summed E-state index contributed by atoms with van der Waals surface area (Å²) in [6, 6.07) is 5.51. The van der Waals surface area contributed by atoms with Crippen LogP contribution in [0.15, 0.2) is 30.3 Å². The molecule has 10 atom stereocenters. The van der Waals surface area contributed by atoms with Crippen molar-refractivity contribution < 1.29 is 57.2 Å². The fourth-order valence-electron chi connectivity index (χ4n) is 8.53. The van der Waals surface area contributed by atoms with Crippen LogP contribution < -0.4 is 10.6 Å². The number of methoxy groups -OCH3 is 3. The monoisotopic (exact) mass is 920 g/mol. The van der Waals surface area contributed by atoms with Gasteiger partial charge in [0, 0.05) is 42.0 Å². The van der Waals surface area contributed by atoms with E-state index in [-0.39, 0.29) is 55.1 Å². The summed E-state index contributed by atoms with van der Waals surface area (Å²) >= 11 is 0. The van der Waals surface area contributed by atoms with E-state index in [0.717, 1.165) is 0 Å². The molecule has 0 bridgehead atoms. The number of hydrogen-bond acceptors (Lipinski definition) is 12. The first-order valence-electron chi connectivity index (χ1n) is 23.0. The highest BCUT2D eigenvalue weighted by atomic mass is 16.7. The number of carbonyl (C=O) groups excluding carboxylic acids is 6. The first kappa shape index (κ1) is 56.6. The second kappa shape index (κ2) is 26.6. The summed E-state index contributed by atoms with van der Waals surface area (Å²) < 4.78 is 33.4. The summed E-state index contributed by atoms with van der Waals surface area (Å²) in [6.07, 6.45) is -1.92. The Hall–Kier alpha value is -4.48. The molecule has 370 valence electrons. The van der Waals surface area contributed by atoms with Gasteiger partial charge in [-0.2, -0.15) is 0 Å². The van der Waals surface area contributed by atoms with Gasteiger partial charge in [0.15, 0.2) is 6.10 Å². The smallest absolute Gasteiger partial charge is 0.444 e. The molecule has 0 spiro atoms. The fourth-order valence-corrected chi connectivity index (χ4v) is 8.53. The van der Waals surface area contributed by atoms with Crippen molar-refractivity contribution in [3.8, 4) is 0 Å². The molecule has 1 aromatic rings. The Bertz CT molecular complexity index is 1670. The zero-order valence-corrected chi connectivity index (χ0v) is 42.0. The van der Waals surface area contributed by atoms with Crippen molar-refractivity contribution in [1.82, 2.24) is 25.3 Å². The van der Waals surface area contributed by atoms with Gasteiger partial charge in [-0.3, -0.25) is 24.1 Å². The van der Waals surface area contributed by atoms with Gasteiger partial charge in [-0.25, -0.2) is 9.59 Å². The molecule has 0 saturated carbocycles. The molecule has 2 N–H and O–H groups in total. The lowest BCUT2D eigenvalue weighted by Crippen LogP contribution is -2.60. The number of nitrogens with one attached hydrogen (secondary N) is 2. The highest BCUT2D eigenvalue weighted by molar-refractivity contribution is 5.92. The third-order valence-electron chi connectivity index (χ3n) is 12.2. The summed E-state index contributed by atoms with van der Waals surface area (Å²) in [7, 11) is 7.71. The van der Waals surface area contributed by atoms with E-state index in [2.05, 4.69) is 10.6 Å². The largest absolute Gasteiger partial charge is 0.509 e. The molecule has 1 saturated heterocycles. The van der Waals surface area contributed by atoms with Gasteiger partial charge in [-0.1, -0.05) is 85.2 Å². The lowest BCUT2D eigenvalue weighted by molar-refractivity contribution is -0.148. The normalized spacial score (nSPS) is 18.3. The predicted octanol–water partition coefficient (Wildman–Crippen LogP) is 5.98. The van der Waals surface area contributed by atoms with Crippen molar-refractivity contribution in [3.63, 3.8) is 0 Å².